The summed E-state index contributed by atoms with van der Waals surface area (Å²) in [6.07, 6.45) is 2.35. The van der Waals surface area contributed by atoms with E-state index in [1.807, 2.05) is 42.5 Å². The Labute approximate surface area is 195 Å². The molecule has 0 aliphatic carbocycles. The van der Waals surface area contributed by atoms with Crippen molar-refractivity contribution in [1.29, 1.82) is 0 Å². The summed E-state index contributed by atoms with van der Waals surface area (Å²) in [7, 11) is 0. The molecular formula is C24H23N7O3. The molecule has 10 nitrogen and oxygen atoms in total. The molecule has 1 aliphatic heterocycles. The van der Waals surface area contributed by atoms with Crippen molar-refractivity contribution in [2.45, 2.75) is 19.4 Å². The summed E-state index contributed by atoms with van der Waals surface area (Å²) in [6, 6.07) is 14.7. The molecule has 0 bridgehead atoms. The number of fused-ring (bicyclic) bond motifs is 1. The first-order valence-electron chi connectivity index (χ1n) is 10.9. The molecule has 1 amide bonds. The van der Waals surface area contributed by atoms with Gasteiger partial charge in [-0.05, 0) is 35.7 Å². The summed E-state index contributed by atoms with van der Waals surface area (Å²) in [5.74, 6) is 1.40. The zero-order chi connectivity index (χ0) is 23.5. The second-order valence-corrected chi connectivity index (χ2v) is 7.88. The molecule has 2 aromatic heterocycles. The Bertz CT molecular complexity index is 1320. The van der Waals surface area contributed by atoms with Gasteiger partial charge in [0.2, 0.25) is 11.8 Å². The van der Waals surface area contributed by atoms with Gasteiger partial charge in [-0.25, -0.2) is 4.98 Å². The van der Waals surface area contributed by atoms with Gasteiger partial charge in [0.25, 0.3) is 11.8 Å². The Kier molecular flexibility index (Phi) is 5.88. The van der Waals surface area contributed by atoms with E-state index >= 15 is 0 Å². The van der Waals surface area contributed by atoms with E-state index in [1.54, 1.807) is 19.2 Å². The molecule has 2 aromatic carbocycles. The van der Waals surface area contributed by atoms with Crippen molar-refractivity contribution in [2.75, 3.05) is 23.8 Å². The number of amides is 1. The molecule has 0 saturated heterocycles. The highest BCUT2D eigenvalue weighted by atomic mass is 16.4. The molecule has 5 rings (SSSR count). The molecule has 0 saturated carbocycles. The molecule has 34 heavy (non-hydrogen) atoms. The van der Waals surface area contributed by atoms with Crippen LogP contribution >= 0.6 is 0 Å². The normalized spacial score (nSPS) is 13.6. The molecule has 1 unspecified atom stereocenters. The topological polar surface area (TPSA) is 138 Å². The largest absolute Gasteiger partial charge is 0.421 e. The summed E-state index contributed by atoms with van der Waals surface area (Å²) in [5.41, 5.74) is 3.83. The summed E-state index contributed by atoms with van der Waals surface area (Å²) in [6.45, 7) is 2.17. The predicted octanol–water partition coefficient (Wildman–Crippen LogP) is 3.01. The van der Waals surface area contributed by atoms with E-state index in [0.717, 1.165) is 23.2 Å². The van der Waals surface area contributed by atoms with Crippen LogP contribution in [0.25, 0.3) is 11.5 Å². The highest BCUT2D eigenvalue weighted by molar-refractivity contribution is 5.97. The second-order valence-electron chi connectivity index (χ2n) is 7.88. The summed E-state index contributed by atoms with van der Waals surface area (Å²) < 4.78 is 5.60. The third kappa shape index (κ3) is 4.44. The minimum Gasteiger partial charge on any atom is -0.421 e. The molecule has 1 aliphatic rings. The zero-order valence-corrected chi connectivity index (χ0v) is 18.4. The molecule has 0 radical (unpaired) electrons. The van der Waals surface area contributed by atoms with Crippen molar-refractivity contribution in [3.63, 3.8) is 0 Å². The maximum absolute atomic E-state index is 12.0. The predicted molar refractivity (Wildman–Crippen MR) is 126 cm³/mol. The van der Waals surface area contributed by atoms with Crippen molar-refractivity contribution < 1.29 is 14.3 Å². The fourth-order valence-electron chi connectivity index (χ4n) is 3.83. The minimum atomic E-state index is -0.408. The highest BCUT2D eigenvalue weighted by Gasteiger charge is 2.20. The molecule has 0 fully saturated rings. The van der Waals surface area contributed by atoms with Crippen molar-refractivity contribution in [2.24, 2.45) is 0 Å². The van der Waals surface area contributed by atoms with Crippen LogP contribution in [0.15, 0.2) is 59.1 Å². The van der Waals surface area contributed by atoms with Crippen LogP contribution in [0.1, 0.15) is 33.4 Å². The fourth-order valence-corrected chi connectivity index (χ4v) is 3.83. The smallest absolute Gasteiger partial charge is 0.253 e. The van der Waals surface area contributed by atoms with Crippen molar-refractivity contribution in [3.8, 4) is 11.5 Å². The van der Waals surface area contributed by atoms with E-state index < -0.39 is 6.04 Å². The average Bonchev–Trinajstić information content (AvgIpc) is 3.29. The quantitative estimate of drug-likeness (QED) is 0.330. The number of nitrogens with one attached hydrogen (secondary N) is 3. The summed E-state index contributed by atoms with van der Waals surface area (Å²) in [5, 5.41) is 27.4. The number of aliphatic hydroxyl groups is 1. The third-order valence-electron chi connectivity index (χ3n) is 5.53. The van der Waals surface area contributed by atoms with Gasteiger partial charge in [-0.15, -0.1) is 10.2 Å². The first-order chi connectivity index (χ1) is 16.6. The maximum Gasteiger partial charge on any atom is 0.253 e. The summed E-state index contributed by atoms with van der Waals surface area (Å²) in [4.78, 5) is 21.1. The zero-order valence-electron chi connectivity index (χ0n) is 18.4. The summed E-state index contributed by atoms with van der Waals surface area (Å²) >= 11 is 0. The number of aryl methyl sites for hydroxylation is 1. The van der Waals surface area contributed by atoms with Gasteiger partial charge in [0.1, 0.15) is 5.82 Å². The van der Waals surface area contributed by atoms with Crippen LogP contribution in [0.5, 0.6) is 0 Å². The fraction of sp³-hybridized carbons (Fsp3) is 0.208. The lowest BCUT2D eigenvalue weighted by Gasteiger charge is -2.20. The van der Waals surface area contributed by atoms with Crippen LogP contribution < -0.4 is 16.0 Å². The monoisotopic (exact) mass is 457 g/mol. The number of benzene rings is 2. The van der Waals surface area contributed by atoms with Crippen LogP contribution in [0.3, 0.4) is 0 Å². The molecule has 0 spiro atoms. The van der Waals surface area contributed by atoms with Gasteiger partial charge in [-0.3, -0.25) is 4.79 Å². The Morgan fingerprint density at radius 2 is 2.00 bits per heavy atom. The van der Waals surface area contributed by atoms with Gasteiger partial charge < -0.3 is 25.5 Å². The lowest BCUT2D eigenvalue weighted by atomic mass is 10.00. The van der Waals surface area contributed by atoms with Gasteiger partial charge in [-0.1, -0.05) is 30.3 Å². The van der Waals surface area contributed by atoms with E-state index in [9.17, 15) is 9.90 Å². The van der Waals surface area contributed by atoms with Crippen LogP contribution in [0, 0.1) is 6.92 Å². The maximum atomic E-state index is 12.0. The average molecular weight is 457 g/mol. The minimum absolute atomic E-state index is 0.0642. The first-order valence-corrected chi connectivity index (χ1v) is 10.9. The number of anilines is 3. The Morgan fingerprint density at radius 1 is 1.15 bits per heavy atom. The molecule has 10 heteroatoms. The van der Waals surface area contributed by atoms with Crippen LogP contribution in [0.4, 0.5) is 17.5 Å². The van der Waals surface area contributed by atoms with E-state index in [0.29, 0.717) is 35.3 Å². The van der Waals surface area contributed by atoms with E-state index in [2.05, 4.69) is 36.1 Å². The number of carbonyl (C=O) groups is 1. The van der Waals surface area contributed by atoms with E-state index in [1.165, 1.54) is 0 Å². The third-order valence-corrected chi connectivity index (χ3v) is 5.53. The molecule has 4 aromatic rings. The Balaban J connectivity index is 1.48. The van der Waals surface area contributed by atoms with E-state index in [-0.39, 0.29) is 18.4 Å². The SMILES string of the molecule is Cc1nnc(-c2cnc(Nc3ccc4c(c3)CCNC4=O)nc2NC(CO)c2ccccc2)o1. The van der Waals surface area contributed by atoms with Gasteiger partial charge in [0.15, 0.2) is 0 Å². The van der Waals surface area contributed by atoms with Crippen molar-refractivity contribution in [1.82, 2.24) is 25.5 Å². The van der Waals surface area contributed by atoms with Crippen LogP contribution in [-0.4, -0.2) is 44.3 Å². The van der Waals surface area contributed by atoms with E-state index in [4.69, 9.17) is 4.42 Å². The Hall–Kier alpha value is -4.31. The van der Waals surface area contributed by atoms with Gasteiger partial charge >= 0.3 is 0 Å². The standard InChI is InChI=1S/C24H23N7O3/c1-14-30-31-23(34-14)19-12-26-24(27-17-7-8-18-16(11-17)9-10-25-22(18)33)29-21(19)28-20(13-32)15-5-3-2-4-6-15/h2-8,11-12,20,32H,9-10,13H2,1H3,(H,25,33)(H2,26,27,28,29). The molecule has 4 N–H and O–H groups in total. The molecular weight excluding hydrogens is 434 g/mol. The Morgan fingerprint density at radius 3 is 2.76 bits per heavy atom. The number of aliphatic hydroxyl groups excluding tert-OH is 1. The lowest BCUT2D eigenvalue weighted by molar-refractivity contribution is 0.0946. The number of rotatable bonds is 7. The molecule has 3 heterocycles. The van der Waals surface area contributed by atoms with Crippen molar-refractivity contribution in [3.05, 3.63) is 77.3 Å². The van der Waals surface area contributed by atoms with Gasteiger partial charge in [0.05, 0.1) is 18.2 Å². The number of nitrogens with zero attached hydrogens (tertiary/aromatic N) is 4. The number of hydrogen-bond donors (Lipinski definition) is 4. The van der Waals surface area contributed by atoms with Gasteiger partial charge in [-0.2, -0.15) is 4.98 Å². The number of hydrogen-bond acceptors (Lipinski definition) is 9. The lowest BCUT2D eigenvalue weighted by Crippen LogP contribution is -2.31. The highest BCUT2D eigenvalue weighted by Crippen LogP contribution is 2.30. The number of aromatic nitrogens is 4. The van der Waals surface area contributed by atoms with Crippen LogP contribution in [-0.2, 0) is 6.42 Å². The number of carbonyl (C=O) groups excluding carboxylic acids is 1. The molecule has 172 valence electrons. The second kappa shape index (κ2) is 9.28. The van der Waals surface area contributed by atoms with Crippen molar-refractivity contribution >= 4 is 23.4 Å². The van der Waals surface area contributed by atoms with Gasteiger partial charge in [0, 0.05) is 30.9 Å². The first kappa shape index (κ1) is 21.5. The molecule has 1 atom stereocenters. The van der Waals surface area contributed by atoms with Crippen LogP contribution in [0.2, 0.25) is 0 Å².